The van der Waals surface area contributed by atoms with Gasteiger partial charge in [0.1, 0.15) is 5.75 Å². The number of aliphatic hydroxyl groups excluding tert-OH is 1. The predicted molar refractivity (Wildman–Crippen MR) is 51.9 cm³/mol. The lowest BCUT2D eigenvalue weighted by atomic mass is 10.0. The van der Waals surface area contributed by atoms with E-state index in [0.717, 1.165) is 0 Å². The molecule has 3 nitrogen and oxygen atoms in total. The molecule has 13 heavy (non-hydrogen) atoms. The van der Waals surface area contributed by atoms with Crippen molar-refractivity contribution >= 4 is 11.6 Å². The van der Waals surface area contributed by atoms with Gasteiger partial charge < -0.3 is 15.9 Å². The molecule has 1 aromatic rings. The average Bonchev–Trinajstić information content (AvgIpc) is 2.13. The van der Waals surface area contributed by atoms with Crippen LogP contribution < -0.4 is 5.73 Å². The van der Waals surface area contributed by atoms with Gasteiger partial charge in [0.15, 0.2) is 0 Å². The Bertz CT molecular complexity index is 315. The normalized spacial score (nSPS) is 12.9. The molecule has 4 N–H and O–H groups in total. The van der Waals surface area contributed by atoms with Crippen molar-refractivity contribution in [3.05, 3.63) is 28.3 Å². The van der Waals surface area contributed by atoms with E-state index in [9.17, 15) is 5.11 Å². The first-order valence-corrected chi connectivity index (χ1v) is 4.30. The molecule has 1 unspecified atom stereocenters. The van der Waals surface area contributed by atoms with E-state index in [-0.39, 0.29) is 12.4 Å². The lowest BCUT2D eigenvalue weighted by Crippen LogP contribution is -2.14. The van der Waals surface area contributed by atoms with Crippen LogP contribution in [0.15, 0.2) is 12.1 Å². The van der Waals surface area contributed by atoms with Crippen LogP contribution >= 0.6 is 11.6 Å². The lowest BCUT2D eigenvalue weighted by molar-refractivity contribution is 0.265. The molecule has 0 heterocycles. The van der Waals surface area contributed by atoms with Crippen LogP contribution in [0.2, 0.25) is 5.02 Å². The highest BCUT2D eigenvalue weighted by Gasteiger charge is 2.12. The maximum atomic E-state index is 9.60. The molecule has 0 amide bonds. The van der Waals surface area contributed by atoms with Crippen molar-refractivity contribution in [3.63, 3.8) is 0 Å². The number of aromatic hydroxyl groups is 1. The fourth-order valence-corrected chi connectivity index (χ4v) is 1.25. The van der Waals surface area contributed by atoms with E-state index in [0.29, 0.717) is 16.1 Å². The van der Waals surface area contributed by atoms with Crippen LogP contribution in [0.25, 0.3) is 0 Å². The largest absolute Gasteiger partial charge is 0.507 e. The summed E-state index contributed by atoms with van der Waals surface area (Å²) in [5, 5.41) is 18.9. The van der Waals surface area contributed by atoms with Gasteiger partial charge in [-0.25, -0.2) is 0 Å². The molecule has 0 aliphatic heterocycles. The van der Waals surface area contributed by atoms with E-state index in [1.807, 2.05) is 0 Å². The summed E-state index contributed by atoms with van der Waals surface area (Å²) in [7, 11) is 0. The Labute approximate surface area is 81.8 Å². The Morgan fingerprint density at radius 2 is 2.15 bits per heavy atom. The van der Waals surface area contributed by atoms with Gasteiger partial charge in [-0.15, -0.1) is 0 Å². The highest BCUT2D eigenvalue weighted by Crippen LogP contribution is 2.31. The summed E-state index contributed by atoms with van der Waals surface area (Å²) in [6.07, 6.45) is 0. The van der Waals surface area contributed by atoms with E-state index in [1.165, 1.54) is 0 Å². The lowest BCUT2D eigenvalue weighted by Gasteiger charge is -2.12. The van der Waals surface area contributed by atoms with E-state index in [4.69, 9.17) is 22.4 Å². The smallest absolute Gasteiger partial charge is 0.124 e. The van der Waals surface area contributed by atoms with Gasteiger partial charge in [-0.1, -0.05) is 17.7 Å². The first kappa shape index (κ1) is 10.3. The Kier molecular flexibility index (Phi) is 3.14. The second-order valence-electron chi connectivity index (χ2n) is 2.90. The zero-order chi connectivity index (χ0) is 10.0. The molecule has 72 valence electrons. The number of benzene rings is 1. The second kappa shape index (κ2) is 3.96. The molecule has 0 bridgehead atoms. The molecule has 1 atom stereocenters. The quantitative estimate of drug-likeness (QED) is 0.677. The number of rotatable bonds is 2. The van der Waals surface area contributed by atoms with Crippen molar-refractivity contribution < 1.29 is 10.2 Å². The predicted octanol–water partition coefficient (Wildman–Crippen LogP) is 1.35. The van der Waals surface area contributed by atoms with E-state index in [1.54, 1.807) is 19.1 Å². The zero-order valence-corrected chi connectivity index (χ0v) is 8.04. The first-order valence-electron chi connectivity index (χ1n) is 3.92. The fraction of sp³-hybridized carbons (Fsp3) is 0.333. The number of nitrogens with two attached hydrogens (primary N) is 1. The van der Waals surface area contributed by atoms with Gasteiger partial charge >= 0.3 is 0 Å². The number of phenolic OH excluding ortho intramolecular Hbond substituents is 1. The highest BCUT2D eigenvalue weighted by atomic mass is 35.5. The van der Waals surface area contributed by atoms with Gasteiger partial charge in [0.05, 0.1) is 12.6 Å². The summed E-state index contributed by atoms with van der Waals surface area (Å²) in [6.45, 7) is 1.50. The summed E-state index contributed by atoms with van der Waals surface area (Å²) < 4.78 is 0. The number of halogens is 1. The fourth-order valence-electron chi connectivity index (χ4n) is 1.09. The molecule has 4 heteroatoms. The van der Waals surface area contributed by atoms with Crippen LogP contribution in [-0.2, 0) is 0 Å². The monoisotopic (exact) mass is 201 g/mol. The number of aliphatic hydroxyl groups is 1. The van der Waals surface area contributed by atoms with Crippen molar-refractivity contribution in [2.24, 2.45) is 5.73 Å². The molecule has 0 aliphatic rings. The van der Waals surface area contributed by atoms with Crippen molar-refractivity contribution in [1.82, 2.24) is 0 Å². The van der Waals surface area contributed by atoms with Crippen LogP contribution in [0.3, 0.4) is 0 Å². The Balaban J connectivity index is 3.18. The molecule has 0 aliphatic carbocycles. The third kappa shape index (κ3) is 1.94. The molecule has 0 spiro atoms. The Morgan fingerprint density at radius 1 is 1.54 bits per heavy atom. The number of phenols is 1. The average molecular weight is 202 g/mol. The minimum absolute atomic E-state index is 0.0639. The van der Waals surface area contributed by atoms with Crippen LogP contribution in [-0.4, -0.2) is 16.8 Å². The van der Waals surface area contributed by atoms with Gasteiger partial charge in [-0.3, -0.25) is 0 Å². The molecular formula is C9H12ClNO2. The summed E-state index contributed by atoms with van der Waals surface area (Å²) >= 11 is 5.77. The van der Waals surface area contributed by atoms with E-state index >= 15 is 0 Å². The Morgan fingerprint density at radius 3 is 2.69 bits per heavy atom. The summed E-state index contributed by atoms with van der Waals surface area (Å²) in [6, 6.07) is 2.71. The van der Waals surface area contributed by atoms with Gasteiger partial charge in [-0.05, 0) is 13.0 Å². The van der Waals surface area contributed by atoms with Crippen molar-refractivity contribution in [3.8, 4) is 5.75 Å². The molecule has 1 rings (SSSR count). The van der Waals surface area contributed by atoms with Crippen LogP contribution in [0.1, 0.15) is 17.2 Å². The van der Waals surface area contributed by atoms with Gasteiger partial charge in [0, 0.05) is 16.1 Å². The van der Waals surface area contributed by atoms with Crippen LogP contribution in [0.4, 0.5) is 0 Å². The van der Waals surface area contributed by atoms with Gasteiger partial charge in [0.2, 0.25) is 0 Å². The highest BCUT2D eigenvalue weighted by molar-refractivity contribution is 6.31. The number of hydrogen-bond acceptors (Lipinski definition) is 3. The second-order valence-corrected chi connectivity index (χ2v) is 3.31. The molecule has 0 saturated carbocycles. The summed E-state index contributed by atoms with van der Waals surface area (Å²) in [4.78, 5) is 0. The molecule has 0 saturated heterocycles. The van der Waals surface area contributed by atoms with Crippen LogP contribution in [0, 0.1) is 6.92 Å². The van der Waals surface area contributed by atoms with E-state index in [2.05, 4.69) is 0 Å². The van der Waals surface area contributed by atoms with Gasteiger partial charge in [0.25, 0.3) is 0 Å². The molecule has 1 aromatic carbocycles. The third-order valence-electron chi connectivity index (χ3n) is 1.99. The topological polar surface area (TPSA) is 66.5 Å². The minimum atomic E-state index is -0.559. The maximum absolute atomic E-state index is 9.60. The molecule has 0 fully saturated rings. The van der Waals surface area contributed by atoms with Crippen molar-refractivity contribution in [1.29, 1.82) is 0 Å². The Hall–Kier alpha value is -0.770. The van der Waals surface area contributed by atoms with Crippen molar-refractivity contribution in [2.75, 3.05) is 6.61 Å². The summed E-state index contributed by atoms with van der Waals surface area (Å²) in [5.41, 5.74) is 6.67. The SMILES string of the molecule is Cc1c(Cl)ccc(C(N)CO)c1O. The van der Waals surface area contributed by atoms with Crippen LogP contribution in [0.5, 0.6) is 5.75 Å². The zero-order valence-electron chi connectivity index (χ0n) is 7.29. The summed E-state index contributed by atoms with van der Waals surface area (Å²) in [5.74, 6) is 0.0639. The maximum Gasteiger partial charge on any atom is 0.124 e. The molecular weight excluding hydrogens is 190 g/mol. The minimum Gasteiger partial charge on any atom is -0.507 e. The first-order chi connectivity index (χ1) is 6.07. The van der Waals surface area contributed by atoms with Crippen molar-refractivity contribution in [2.45, 2.75) is 13.0 Å². The molecule has 0 radical (unpaired) electrons. The standard InChI is InChI=1S/C9H12ClNO2/c1-5-7(10)3-2-6(9(5)13)8(11)4-12/h2-3,8,12-13H,4,11H2,1H3. The number of hydrogen-bond donors (Lipinski definition) is 3. The molecule has 0 aromatic heterocycles. The third-order valence-corrected chi connectivity index (χ3v) is 2.40. The van der Waals surface area contributed by atoms with Gasteiger partial charge in [-0.2, -0.15) is 0 Å². The van der Waals surface area contributed by atoms with E-state index < -0.39 is 6.04 Å².